The Bertz CT molecular complexity index is 2370. The molecule has 13 nitrogen and oxygen atoms in total. The molecule has 2 aliphatic heterocycles. The first-order valence-corrected chi connectivity index (χ1v) is 20.1. The Morgan fingerprint density at radius 2 is 1.89 bits per heavy atom. The van der Waals surface area contributed by atoms with Gasteiger partial charge in [-0.2, -0.15) is 13.9 Å². The van der Waals surface area contributed by atoms with Gasteiger partial charge in [0.25, 0.3) is 0 Å². The lowest BCUT2D eigenvalue weighted by molar-refractivity contribution is -0.0683. The number of aliphatic imine (C=N–C) groups is 1. The lowest BCUT2D eigenvalue weighted by atomic mass is 9.72. The summed E-state index contributed by atoms with van der Waals surface area (Å²) in [5, 5.41) is 26.4. The standard InChI is InChI=1S/C35H32ClF3N10O3S2/c36-25-15-21(37)6-7-24(25)31-30(26-8-11-48(44-26)34(38)39)27-16-22(17-47(27)32(42-31)33-41-10-12-53-33)45-54(51,52)23-13-19-4-5-20(14-23)35(19,50)28-18-49(46-43-28)29-3-1-2-9-40-29/h1-3,6-12,15,18-20,22-23,31,34,45,50H,4-5,13-14,16-17H2/t19-,20?,22-,23?,31-,35?/m0/s1. The van der Waals surface area contributed by atoms with Crippen molar-refractivity contribution in [2.24, 2.45) is 16.8 Å². The number of benzene rings is 1. The largest absolute Gasteiger partial charge is 0.383 e. The van der Waals surface area contributed by atoms with Crippen molar-refractivity contribution in [1.29, 1.82) is 0 Å². The van der Waals surface area contributed by atoms with Crippen molar-refractivity contribution < 1.29 is 26.7 Å². The number of alkyl halides is 2. The number of thiazole rings is 1. The first kappa shape index (κ1) is 35.2. The first-order chi connectivity index (χ1) is 26.0. The van der Waals surface area contributed by atoms with Gasteiger partial charge in [-0.25, -0.2) is 36.9 Å². The van der Waals surface area contributed by atoms with Crippen molar-refractivity contribution in [2.45, 2.75) is 61.6 Å². The Balaban J connectivity index is 1.02. The third-order valence-electron chi connectivity index (χ3n) is 11.0. The van der Waals surface area contributed by atoms with E-state index in [9.17, 15) is 26.7 Å². The number of fused-ring (bicyclic) bond motifs is 3. The maximum absolute atomic E-state index is 14.2. The van der Waals surface area contributed by atoms with Gasteiger partial charge in [-0.05, 0) is 67.9 Å². The van der Waals surface area contributed by atoms with E-state index in [0.717, 1.165) is 12.3 Å². The molecule has 0 radical (unpaired) electrons. The molecule has 2 bridgehead atoms. The van der Waals surface area contributed by atoms with Gasteiger partial charge in [-0.15, -0.1) is 16.4 Å². The quantitative estimate of drug-likeness (QED) is 0.197. The van der Waals surface area contributed by atoms with Crippen molar-refractivity contribution in [3.63, 3.8) is 0 Å². The van der Waals surface area contributed by atoms with Crippen molar-refractivity contribution in [3.05, 3.63) is 111 Å². The molecule has 1 aromatic carbocycles. The van der Waals surface area contributed by atoms with Crippen LogP contribution in [0.5, 0.6) is 0 Å². The highest BCUT2D eigenvalue weighted by Gasteiger charge is 2.58. The number of halogens is 4. The minimum absolute atomic E-state index is 0.0866. The molecule has 0 spiro atoms. The summed E-state index contributed by atoms with van der Waals surface area (Å²) in [6.07, 6.45) is 8.00. The van der Waals surface area contributed by atoms with E-state index in [0.29, 0.717) is 56.7 Å². The van der Waals surface area contributed by atoms with E-state index in [1.807, 2.05) is 11.0 Å². The lowest BCUT2D eigenvalue weighted by Crippen LogP contribution is -2.50. The minimum atomic E-state index is -3.94. The average molecular weight is 797 g/mol. The van der Waals surface area contributed by atoms with Crippen LogP contribution in [0.15, 0.2) is 83.3 Å². The third-order valence-corrected chi connectivity index (χ3v) is 14.0. The maximum Gasteiger partial charge on any atom is 0.333 e. The van der Waals surface area contributed by atoms with Crippen LogP contribution in [-0.2, 0) is 15.6 Å². The minimum Gasteiger partial charge on any atom is -0.383 e. The summed E-state index contributed by atoms with van der Waals surface area (Å²) in [4.78, 5) is 15.7. The molecule has 9 rings (SSSR count). The third kappa shape index (κ3) is 5.94. The molecule has 1 saturated heterocycles. The fourth-order valence-electron chi connectivity index (χ4n) is 8.58. The number of pyridine rings is 1. The highest BCUT2D eigenvalue weighted by Crippen LogP contribution is 2.56. The summed E-state index contributed by atoms with van der Waals surface area (Å²) in [5.74, 6) is -0.265. The molecule has 19 heteroatoms. The van der Waals surface area contributed by atoms with Gasteiger partial charge < -0.3 is 10.0 Å². The Kier molecular flexibility index (Phi) is 8.72. The first-order valence-electron chi connectivity index (χ1n) is 17.3. The van der Waals surface area contributed by atoms with E-state index in [2.05, 4.69) is 30.1 Å². The van der Waals surface area contributed by atoms with Crippen LogP contribution in [0.2, 0.25) is 5.02 Å². The molecule has 2 saturated carbocycles. The van der Waals surface area contributed by atoms with Crippen LogP contribution in [0.1, 0.15) is 66.7 Å². The van der Waals surface area contributed by atoms with E-state index in [1.54, 1.807) is 36.1 Å². The van der Waals surface area contributed by atoms with Gasteiger partial charge in [0, 0.05) is 64.8 Å². The molecular formula is C35H32ClF3N10O3S2. The summed E-state index contributed by atoms with van der Waals surface area (Å²) in [6.45, 7) is -2.72. The van der Waals surface area contributed by atoms with E-state index in [4.69, 9.17) is 16.6 Å². The van der Waals surface area contributed by atoms with Gasteiger partial charge in [0.1, 0.15) is 23.2 Å². The van der Waals surface area contributed by atoms with E-state index < -0.39 is 45.3 Å². The van der Waals surface area contributed by atoms with Crippen LogP contribution >= 0.6 is 22.9 Å². The molecule has 0 amide bonds. The molecule has 2 aliphatic carbocycles. The normalized spacial score (nSPS) is 26.8. The van der Waals surface area contributed by atoms with E-state index in [-0.39, 0.29) is 48.4 Å². The van der Waals surface area contributed by atoms with Gasteiger partial charge in [-0.1, -0.05) is 28.9 Å². The predicted octanol–water partition coefficient (Wildman–Crippen LogP) is 5.49. The molecule has 3 unspecified atom stereocenters. The zero-order chi connectivity index (χ0) is 37.4. The van der Waals surface area contributed by atoms with Gasteiger partial charge in [-0.3, -0.25) is 4.99 Å². The highest BCUT2D eigenvalue weighted by molar-refractivity contribution is 7.90. The smallest absolute Gasteiger partial charge is 0.333 e. The van der Waals surface area contributed by atoms with E-state index >= 15 is 0 Å². The number of rotatable bonds is 9. The monoisotopic (exact) mass is 796 g/mol. The lowest BCUT2D eigenvalue weighted by Gasteiger charge is -2.41. The molecule has 5 aromatic rings. The summed E-state index contributed by atoms with van der Waals surface area (Å²) in [7, 11) is -3.94. The fraction of sp³-hybridized carbons (Fsp3) is 0.371. The maximum atomic E-state index is 14.2. The average Bonchev–Trinajstić information content (AvgIpc) is 3.99. The SMILES string of the molecule is O=S(=O)(N[C@H]1CC2=C(c3ccn(C(F)F)n3)[C@H](c3ccc(F)cc3Cl)N=C(c3nccs3)N2C1)C1CC2CC[C@@H](C1)C2(O)c1cn(-c2ccccn2)nn1. The fourth-order valence-corrected chi connectivity index (χ4v) is 11.3. The van der Waals surface area contributed by atoms with Crippen molar-refractivity contribution >= 4 is 44.4 Å². The van der Waals surface area contributed by atoms with Crippen LogP contribution in [0.3, 0.4) is 0 Å². The number of amidine groups is 1. The topological polar surface area (TPSA) is 156 Å². The van der Waals surface area contributed by atoms with Crippen LogP contribution in [-0.4, -0.2) is 76.8 Å². The summed E-state index contributed by atoms with van der Waals surface area (Å²) >= 11 is 7.92. The summed E-state index contributed by atoms with van der Waals surface area (Å²) < 4.78 is 75.2. The summed E-state index contributed by atoms with van der Waals surface area (Å²) in [6, 6.07) is 9.23. The van der Waals surface area contributed by atoms with Crippen LogP contribution < -0.4 is 4.72 Å². The van der Waals surface area contributed by atoms with E-state index in [1.165, 1.54) is 34.2 Å². The van der Waals surface area contributed by atoms with Crippen LogP contribution in [0.25, 0.3) is 11.4 Å². The molecular weight excluding hydrogens is 765 g/mol. The molecule has 280 valence electrons. The number of hydrogen-bond acceptors (Lipinski definition) is 11. The zero-order valence-electron chi connectivity index (χ0n) is 28.3. The Morgan fingerprint density at radius 1 is 1.07 bits per heavy atom. The molecule has 6 atom stereocenters. The van der Waals surface area contributed by atoms with Crippen molar-refractivity contribution in [2.75, 3.05) is 6.54 Å². The number of aliphatic hydroxyl groups is 1. The van der Waals surface area contributed by atoms with Gasteiger partial charge in [0.15, 0.2) is 16.7 Å². The molecule has 4 aromatic heterocycles. The van der Waals surface area contributed by atoms with Gasteiger partial charge in [0.05, 0.1) is 17.1 Å². The second-order valence-electron chi connectivity index (χ2n) is 14.0. The highest BCUT2D eigenvalue weighted by atomic mass is 35.5. The Morgan fingerprint density at radius 3 is 2.57 bits per heavy atom. The number of nitrogens with zero attached hydrogens (tertiary/aromatic N) is 9. The van der Waals surface area contributed by atoms with Crippen LogP contribution in [0.4, 0.5) is 13.2 Å². The second kappa shape index (κ2) is 13.4. The Hall–Kier alpha value is -4.49. The Labute approximate surface area is 316 Å². The molecule has 6 heterocycles. The molecule has 54 heavy (non-hydrogen) atoms. The second-order valence-corrected chi connectivity index (χ2v) is 17.3. The molecule has 3 fully saturated rings. The van der Waals surface area contributed by atoms with Crippen molar-refractivity contribution in [3.8, 4) is 5.82 Å². The van der Waals surface area contributed by atoms with Gasteiger partial charge in [0.2, 0.25) is 10.0 Å². The zero-order valence-corrected chi connectivity index (χ0v) is 30.6. The van der Waals surface area contributed by atoms with Gasteiger partial charge >= 0.3 is 6.55 Å². The number of aromatic nitrogens is 7. The summed E-state index contributed by atoms with van der Waals surface area (Å²) in [5.41, 5.74) is 0.760. The number of sulfonamides is 1. The molecule has 2 N–H and O–H groups in total. The number of hydrogen-bond donors (Lipinski definition) is 2. The number of nitrogens with one attached hydrogen (secondary N) is 1. The van der Waals surface area contributed by atoms with Crippen molar-refractivity contribution in [1.82, 2.24) is 44.4 Å². The van der Waals surface area contributed by atoms with Crippen LogP contribution in [0, 0.1) is 17.7 Å². The molecule has 4 aliphatic rings. The predicted molar refractivity (Wildman–Crippen MR) is 193 cm³/mol.